The number of rotatable bonds is 1. The summed E-state index contributed by atoms with van der Waals surface area (Å²) >= 11 is 3.31. The Labute approximate surface area is 76.7 Å². The molecule has 0 saturated heterocycles. The molecule has 0 spiro atoms. The SMILES string of the molecule is FC(F)(F)OC1=CCC(Br)CC1. The number of hydrogen-bond donors (Lipinski definition) is 0. The minimum absolute atomic E-state index is 0.0400. The molecule has 12 heavy (non-hydrogen) atoms. The number of ether oxygens (including phenoxy) is 1. The number of alkyl halides is 4. The molecule has 1 atom stereocenters. The molecule has 0 saturated carbocycles. The normalized spacial score (nSPS) is 25.0. The Bertz CT molecular complexity index is 188. The molecule has 0 amide bonds. The Morgan fingerprint density at radius 2 is 2.17 bits per heavy atom. The molecule has 5 heteroatoms. The smallest absolute Gasteiger partial charge is 0.411 e. The summed E-state index contributed by atoms with van der Waals surface area (Å²) in [5, 5.41) is 0. The zero-order valence-corrected chi connectivity index (χ0v) is 7.78. The van der Waals surface area contributed by atoms with Gasteiger partial charge in [0.25, 0.3) is 0 Å². The summed E-state index contributed by atoms with van der Waals surface area (Å²) in [5.74, 6) is 0.0400. The minimum Gasteiger partial charge on any atom is -0.411 e. The first-order valence-electron chi connectivity index (χ1n) is 3.56. The first-order chi connectivity index (χ1) is 5.47. The van der Waals surface area contributed by atoms with E-state index in [4.69, 9.17) is 0 Å². The van der Waals surface area contributed by atoms with Crippen LogP contribution in [0.3, 0.4) is 0 Å². The van der Waals surface area contributed by atoms with E-state index in [-0.39, 0.29) is 10.6 Å². The molecule has 0 fully saturated rings. The Morgan fingerprint density at radius 3 is 2.58 bits per heavy atom. The highest BCUT2D eigenvalue weighted by molar-refractivity contribution is 9.09. The summed E-state index contributed by atoms with van der Waals surface area (Å²) in [5.41, 5.74) is 0. The van der Waals surface area contributed by atoms with Crippen molar-refractivity contribution in [3.05, 3.63) is 11.8 Å². The quantitative estimate of drug-likeness (QED) is 0.643. The number of halogens is 4. The van der Waals surface area contributed by atoms with Gasteiger partial charge in [-0.15, -0.1) is 13.2 Å². The monoisotopic (exact) mass is 244 g/mol. The molecular formula is C7H8BrF3O. The van der Waals surface area contributed by atoms with Crippen molar-refractivity contribution in [2.75, 3.05) is 0 Å². The molecule has 0 aromatic rings. The maximum Gasteiger partial charge on any atom is 0.572 e. The summed E-state index contributed by atoms with van der Waals surface area (Å²) in [6, 6.07) is 0. The van der Waals surface area contributed by atoms with E-state index in [2.05, 4.69) is 20.7 Å². The lowest BCUT2D eigenvalue weighted by Gasteiger charge is -2.18. The van der Waals surface area contributed by atoms with Crippen LogP contribution in [0.2, 0.25) is 0 Å². The third-order valence-electron chi connectivity index (χ3n) is 1.55. The van der Waals surface area contributed by atoms with Crippen LogP contribution in [0.4, 0.5) is 13.2 Å². The molecule has 1 nitrogen and oxygen atoms in total. The zero-order chi connectivity index (χ0) is 9.19. The molecule has 0 heterocycles. The molecule has 1 rings (SSSR count). The predicted octanol–water partition coefficient (Wildman–Crippen LogP) is 3.35. The Kier molecular flexibility index (Phi) is 3.04. The fourth-order valence-electron chi connectivity index (χ4n) is 1.02. The fourth-order valence-corrected chi connectivity index (χ4v) is 1.44. The molecule has 0 bridgehead atoms. The molecule has 1 aliphatic carbocycles. The second-order valence-electron chi connectivity index (χ2n) is 2.59. The highest BCUT2D eigenvalue weighted by Crippen LogP contribution is 2.29. The van der Waals surface area contributed by atoms with Gasteiger partial charge in [-0.2, -0.15) is 0 Å². The van der Waals surface area contributed by atoms with Crippen LogP contribution in [0.5, 0.6) is 0 Å². The van der Waals surface area contributed by atoms with Crippen LogP contribution in [0.1, 0.15) is 19.3 Å². The van der Waals surface area contributed by atoms with Gasteiger partial charge in [-0.1, -0.05) is 15.9 Å². The van der Waals surface area contributed by atoms with Gasteiger partial charge < -0.3 is 4.74 Å². The third-order valence-corrected chi connectivity index (χ3v) is 2.38. The van der Waals surface area contributed by atoms with Gasteiger partial charge in [-0.05, 0) is 18.9 Å². The standard InChI is InChI=1S/C7H8BrF3O/c8-5-1-3-6(4-2-5)12-7(9,10)11/h3,5H,1-2,4H2. The number of hydrogen-bond acceptors (Lipinski definition) is 1. The lowest BCUT2D eigenvalue weighted by molar-refractivity contribution is -0.306. The van der Waals surface area contributed by atoms with Crippen LogP contribution >= 0.6 is 15.9 Å². The average Bonchev–Trinajstić information content (AvgIpc) is 1.91. The summed E-state index contributed by atoms with van der Waals surface area (Å²) in [7, 11) is 0. The van der Waals surface area contributed by atoms with E-state index < -0.39 is 6.36 Å². The van der Waals surface area contributed by atoms with Gasteiger partial charge in [-0.25, -0.2) is 0 Å². The third kappa shape index (κ3) is 3.47. The van der Waals surface area contributed by atoms with Crippen molar-refractivity contribution in [1.82, 2.24) is 0 Å². The van der Waals surface area contributed by atoms with Crippen LogP contribution in [0.15, 0.2) is 11.8 Å². The van der Waals surface area contributed by atoms with E-state index in [1.165, 1.54) is 6.08 Å². The summed E-state index contributed by atoms with van der Waals surface area (Å²) in [6.45, 7) is 0. The fraction of sp³-hybridized carbons (Fsp3) is 0.714. The largest absolute Gasteiger partial charge is 0.572 e. The van der Waals surface area contributed by atoms with Crippen LogP contribution in [0.25, 0.3) is 0 Å². The van der Waals surface area contributed by atoms with Gasteiger partial charge in [0, 0.05) is 11.2 Å². The molecule has 0 aromatic heterocycles. The summed E-state index contributed by atoms with van der Waals surface area (Å²) in [6.07, 6.45) is -1.40. The van der Waals surface area contributed by atoms with Crippen molar-refractivity contribution in [1.29, 1.82) is 0 Å². The molecule has 1 unspecified atom stereocenters. The number of allylic oxidation sites excluding steroid dienone is 2. The van der Waals surface area contributed by atoms with Crippen molar-refractivity contribution in [2.24, 2.45) is 0 Å². The minimum atomic E-state index is -4.54. The predicted molar refractivity (Wildman–Crippen MR) is 41.8 cm³/mol. The van der Waals surface area contributed by atoms with Crippen LogP contribution in [-0.2, 0) is 4.74 Å². The molecule has 0 aliphatic heterocycles. The molecule has 0 aromatic carbocycles. The Hall–Kier alpha value is -0.190. The van der Waals surface area contributed by atoms with Gasteiger partial charge in [-0.3, -0.25) is 0 Å². The molecule has 0 N–H and O–H groups in total. The second kappa shape index (κ2) is 3.68. The van der Waals surface area contributed by atoms with Gasteiger partial charge in [0.2, 0.25) is 0 Å². The van der Waals surface area contributed by atoms with Gasteiger partial charge in [0.15, 0.2) is 0 Å². The van der Waals surface area contributed by atoms with Gasteiger partial charge in [0.1, 0.15) is 5.76 Å². The first-order valence-corrected chi connectivity index (χ1v) is 4.48. The van der Waals surface area contributed by atoms with Gasteiger partial charge in [0.05, 0.1) is 0 Å². The Balaban J connectivity index is 2.44. The van der Waals surface area contributed by atoms with Crippen molar-refractivity contribution < 1.29 is 17.9 Å². The van der Waals surface area contributed by atoms with E-state index in [1.54, 1.807) is 0 Å². The van der Waals surface area contributed by atoms with Crippen molar-refractivity contribution in [2.45, 2.75) is 30.5 Å². The van der Waals surface area contributed by atoms with Gasteiger partial charge >= 0.3 is 6.36 Å². The first kappa shape index (κ1) is 9.89. The van der Waals surface area contributed by atoms with E-state index in [0.717, 1.165) is 0 Å². The highest BCUT2D eigenvalue weighted by atomic mass is 79.9. The van der Waals surface area contributed by atoms with E-state index in [0.29, 0.717) is 19.3 Å². The van der Waals surface area contributed by atoms with Crippen LogP contribution < -0.4 is 0 Å². The van der Waals surface area contributed by atoms with Crippen LogP contribution in [0, 0.1) is 0 Å². The zero-order valence-electron chi connectivity index (χ0n) is 6.20. The molecule has 1 aliphatic rings. The molecule has 70 valence electrons. The lowest BCUT2D eigenvalue weighted by Crippen LogP contribution is -2.16. The van der Waals surface area contributed by atoms with Crippen molar-refractivity contribution in [3.8, 4) is 0 Å². The Morgan fingerprint density at radius 1 is 1.50 bits per heavy atom. The summed E-state index contributed by atoms with van der Waals surface area (Å²) in [4.78, 5) is 0.290. The van der Waals surface area contributed by atoms with Crippen molar-refractivity contribution in [3.63, 3.8) is 0 Å². The molecular weight excluding hydrogens is 237 g/mol. The lowest BCUT2D eigenvalue weighted by atomic mass is 10.1. The highest BCUT2D eigenvalue weighted by Gasteiger charge is 2.32. The van der Waals surface area contributed by atoms with E-state index in [9.17, 15) is 13.2 Å². The summed E-state index contributed by atoms with van der Waals surface area (Å²) < 4.78 is 38.8. The maximum absolute atomic E-state index is 11.7. The van der Waals surface area contributed by atoms with Crippen LogP contribution in [-0.4, -0.2) is 11.2 Å². The maximum atomic E-state index is 11.7. The van der Waals surface area contributed by atoms with E-state index >= 15 is 0 Å². The second-order valence-corrected chi connectivity index (χ2v) is 3.88. The average molecular weight is 245 g/mol. The van der Waals surface area contributed by atoms with Crippen molar-refractivity contribution >= 4 is 15.9 Å². The molecule has 0 radical (unpaired) electrons. The topological polar surface area (TPSA) is 9.23 Å². The van der Waals surface area contributed by atoms with E-state index in [1.807, 2.05) is 0 Å².